The topological polar surface area (TPSA) is 46.9 Å². The van der Waals surface area contributed by atoms with E-state index in [2.05, 4.69) is 0 Å². The summed E-state index contributed by atoms with van der Waals surface area (Å²) in [6.07, 6.45) is 3.65. The Bertz CT molecular complexity index is 127. The summed E-state index contributed by atoms with van der Waals surface area (Å²) in [4.78, 5) is 3.67. The van der Waals surface area contributed by atoms with Crippen molar-refractivity contribution >= 4 is 0 Å². The van der Waals surface area contributed by atoms with Gasteiger partial charge in [0.25, 0.3) is 0 Å². The van der Waals surface area contributed by atoms with Crippen molar-refractivity contribution in [1.29, 1.82) is 0 Å². The van der Waals surface area contributed by atoms with Crippen LogP contribution in [0, 0.1) is 0 Å². The van der Waals surface area contributed by atoms with Gasteiger partial charge in [0.05, 0.1) is 13.3 Å². The monoisotopic (exact) mass is 144 g/mol. The number of nitrogens with zero attached hydrogens (tertiary/aromatic N) is 2. The molecule has 4 nitrogen and oxygen atoms in total. The molecular weight excluding hydrogens is 132 g/mol. The lowest BCUT2D eigenvalue weighted by Gasteiger charge is -2.17. The van der Waals surface area contributed by atoms with Crippen molar-refractivity contribution in [3.8, 4) is 0 Å². The van der Waals surface area contributed by atoms with Crippen molar-refractivity contribution in [2.45, 2.75) is 0 Å². The Hall–Kier alpha value is -0.740. The quantitative estimate of drug-likeness (QED) is 0.532. The molecule has 0 atom stereocenters. The molecule has 0 aromatic rings. The molecule has 0 saturated heterocycles. The Balaban J connectivity index is 2.24. The van der Waals surface area contributed by atoms with E-state index in [9.17, 15) is 0 Å². The second-order valence-electron chi connectivity index (χ2n) is 2.21. The molecule has 0 amide bonds. The molecule has 0 fully saturated rings. The fourth-order valence-electron chi connectivity index (χ4n) is 0.882. The molecule has 0 saturated carbocycles. The van der Waals surface area contributed by atoms with Crippen LogP contribution >= 0.6 is 0 Å². The third kappa shape index (κ3) is 1.62. The van der Waals surface area contributed by atoms with E-state index >= 15 is 0 Å². The van der Waals surface area contributed by atoms with E-state index in [-0.39, 0.29) is 13.3 Å². The minimum Gasteiger partial charge on any atom is -0.395 e. The largest absolute Gasteiger partial charge is 0.395 e. The highest BCUT2D eigenvalue weighted by atomic mass is 16.3. The maximum absolute atomic E-state index is 8.64. The van der Waals surface area contributed by atoms with Crippen LogP contribution < -0.4 is 0 Å². The van der Waals surface area contributed by atoms with Gasteiger partial charge in [-0.1, -0.05) is 0 Å². The van der Waals surface area contributed by atoms with Crippen LogP contribution in [0.1, 0.15) is 0 Å². The van der Waals surface area contributed by atoms with E-state index in [4.69, 9.17) is 10.2 Å². The zero-order chi connectivity index (χ0) is 7.40. The van der Waals surface area contributed by atoms with Gasteiger partial charge in [0.2, 0.25) is 0 Å². The van der Waals surface area contributed by atoms with Gasteiger partial charge in [-0.25, -0.2) is 0 Å². The average Bonchev–Trinajstić information content (AvgIpc) is 2.37. The van der Waals surface area contributed by atoms with E-state index in [1.807, 2.05) is 11.1 Å². The summed E-state index contributed by atoms with van der Waals surface area (Å²) in [6, 6.07) is 0. The van der Waals surface area contributed by atoms with Crippen LogP contribution in [0.2, 0.25) is 0 Å². The van der Waals surface area contributed by atoms with Gasteiger partial charge in [0, 0.05) is 18.9 Å². The minimum absolute atomic E-state index is 0.0401. The molecular formula is C6H12N2O2. The molecule has 1 aliphatic heterocycles. The SMILES string of the molecule is OCCN1C=CN(CO)C1. The van der Waals surface area contributed by atoms with E-state index < -0.39 is 0 Å². The molecule has 10 heavy (non-hydrogen) atoms. The molecule has 2 N–H and O–H groups in total. The highest BCUT2D eigenvalue weighted by Crippen LogP contribution is 2.03. The zero-order valence-electron chi connectivity index (χ0n) is 5.77. The first-order chi connectivity index (χ1) is 4.86. The number of aliphatic hydroxyl groups excluding tert-OH is 2. The number of hydrogen-bond acceptors (Lipinski definition) is 4. The van der Waals surface area contributed by atoms with E-state index in [1.165, 1.54) is 0 Å². The molecule has 4 heteroatoms. The summed E-state index contributed by atoms with van der Waals surface area (Å²) < 4.78 is 0. The summed E-state index contributed by atoms with van der Waals surface area (Å²) in [7, 11) is 0. The van der Waals surface area contributed by atoms with Crippen molar-refractivity contribution in [3.05, 3.63) is 12.4 Å². The van der Waals surface area contributed by atoms with Gasteiger partial charge >= 0.3 is 0 Å². The van der Waals surface area contributed by atoms with Crippen LogP contribution in [0.5, 0.6) is 0 Å². The second kappa shape index (κ2) is 3.43. The molecule has 0 spiro atoms. The number of β-amino-alcohol motifs (C(OH)–C–C–N with tert-alkyl or cyclic N) is 1. The molecule has 1 rings (SSSR count). The molecule has 0 aromatic heterocycles. The van der Waals surface area contributed by atoms with Gasteiger partial charge in [0.1, 0.15) is 6.73 Å². The van der Waals surface area contributed by atoms with Crippen LogP contribution in [0.25, 0.3) is 0 Å². The Kier molecular flexibility index (Phi) is 2.53. The predicted molar refractivity (Wildman–Crippen MR) is 36.7 cm³/mol. The smallest absolute Gasteiger partial charge is 0.116 e. The zero-order valence-corrected chi connectivity index (χ0v) is 5.77. The molecule has 58 valence electrons. The highest BCUT2D eigenvalue weighted by molar-refractivity contribution is 4.88. The van der Waals surface area contributed by atoms with Gasteiger partial charge in [-0.3, -0.25) is 0 Å². The summed E-state index contributed by atoms with van der Waals surface area (Å²) in [5.41, 5.74) is 0. The maximum Gasteiger partial charge on any atom is 0.116 e. The molecule has 0 unspecified atom stereocenters. The molecule has 1 aliphatic rings. The van der Waals surface area contributed by atoms with Crippen molar-refractivity contribution in [2.75, 3.05) is 26.6 Å². The fraction of sp³-hybridized carbons (Fsp3) is 0.667. The third-order valence-corrected chi connectivity index (χ3v) is 1.42. The predicted octanol–water partition coefficient (Wildman–Crippen LogP) is -1.03. The molecule has 0 bridgehead atoms. The van der Waals surface area contributed by atoms with E-state index in [0.717, 1.165) is 0 Å². The van der Waals surface area contributed by atoms with Crippen LogP contribution in [-0.4, -0.2) is 46.6 Å². The number of hydrogen-bond donors (Lipinski definition) is 2. The molecule has 0 aliphatic carbocycles. The first kappa shape index (κ1) is 7.37. The van der Waals surface area contributed by atoms with Gasteiger partial charge in [-0.15, -0.1) is 0 Å². The summed E-state index contributed by atoms with van der Waals surface area (Å²) in [6.45, 7) is 1.51. The van der Waals surface area contributed by atoms with Crippen LogP contribution in [0.4, 0.5) is 0 Å². The third-order valence-electron chi connectivity index (χ3n) is 1.42. The van der Waals surface area contributed by atoms with Crippen LogP contribution in [0.3, 0.4) is 0 Å². The van der Waals surface area contributed by atoms with Crippen molar-refractivity contribution in [1.82, 2.24) is 9.80 Å². The Morgan fingerprint density at radius 2 is 1.90 bits per heavy atom. The molecule has 0 radical (unpaired) electrons. The second-order valence-corrected chi connectivity index (χ2v) is 2.21. The normalized spacial score (nSPS) is 17.0. The lowest BCUT2D eigenvalue weighted by Crippen LogP contribution is -2.27. The fourth-order valence-corrected chi connectivity index (χ4v) is 0.882. The molecule has 0 aromatic carbocycles. The van der Waals surface area contributed by atoms with Crippen molar-refractivity contribution in [3.63, 3.8) is 0 Å². The minimum atomic E-state index is 0.0401. The number of rotatable bonds is 3. The van der Waals surface area contributed by atoms with Gasteiger partial charge < -0.3 is 20.0 Å². The highest BCUT2D eigenvalue weighted by Gasteiger charge is 2.08. The van der Waals surface area contributed by atoms with E-state index in [1.54, 1.807) is 11.1 Å². The average molecular weight is 144 g/mol. The first-order valence-corrected chi connectivity index (χ1v) is 3.25. The van der Waals surface area contributed by atoms with Gasteiger partial charge in [0.15, 0.2) is 0 Å². The van der Waals surface area contributed by atoms with Crippen molar-refractivity contribution < 1.29 is 10.2 Å². The van der Waals surface area contributed by atoms with Gasteiger partial charge in [-0.2, -0.15) is 0 Å². The lowest BCUT2D eigenvalue weighted by atomic mass is 10.6. The van der Waals surface area contributed by atoms with Crippen LogP contribution in [-0.2, 0) is 0 Å². The molecule has 1 heterocycles. The Morgan fingerprint density at radius 3 is 2.40 bits per heavy atom. The van der Waals surface area contributed by atoms with Gasteiger partial charge in [-0.05, 0) is 0 Å². The number of aliphatic hydroxyl groups is 2. The van der Waals surface area contributed by atoms with Crippen LogP contribution in [0.15, 0.2) is 12.4 Å². The lowest BCUT2D eigenvalue weighted by molar-refractivity contribution is 0.120. The summed E-state index contributed by atoms with van der Waals surface area (Å²) >= 11 is 0. The summed E-state index contributed by atoms with van der Waals surface area (Å²) in [5, 5.41) is 17.2. The summed E-state index contributed by atoms with van der Waals surface area (Å²) in [5.74, 6) is 0. The standard InChI is InChI=1S/C6H12N2O2/c9-4-3-7-1-2-8(5-7)6-10/h1-2,9-10H,3-6H2. The Labute approximate surface area is 60.0 Å². The Morgan fingerprint density at radius 1 is 1.20 bits per heavy atom. The maximum atomic E-state index is 8.64. The first-order valence-electron chi connectivity index (χ1n) is 3.25. The van der Waals surface area contributed by atoms with E-state index in [0.29, 0.717) is 13.2 Å². The van der Waals surface area contributed by atoms with Crippen molar-refractivity contribution in [2.24, 2.45) is 0 Å².